The molecular formula is C29H28F3NO5. The Bertz CT molecular complexity index is 1260. The van der Waals surface area contributed by atoms with E-state index in [0.29, 0.717) is 24.6 Å². The van der Waals surface area contributed by atoms with Gasteiger partial charge in [0, 0.05) is 24.7 Å². The summed E-state index contributed by atoms with van der Waals surface area (Å²) in [6.45, 7) is 1.24. The Morgan fingerprint density at radius 2 is 1.71 bits per heavy atom. The maximum absolute atomic E-state index is 12.9. The van der Waals surface area contributed by atoms with Crippen LogP contribution in [0, 0.1) is 5.92 Å². The molecule has 38 heavy (non-hydrogen) atoms. The van der Waals surface area contributed by atoms with Crippen molar-refractivity contribution in [2.75, 3.05) is 26.5 Å². The number of hydrogen-bond donors (Lipinski definition) is 0. The first-order valence-corrected chi connectivity index (χ1v) is 12.6. The molecule has 0 atom stereocenters. The van der Waals surface area contributed by atoms with Gasteiger partial charge in [0.05, 0.1) is 0 Å². The molecule has 0 bridgehead atoms. The van der Waals surface area contributed by atoms with Crippen molar-refractivity contribution in [3.63, 3.8) is 0 Å². The van der Waals surface area contributed by atoms with E-state index >= 15 is 0 Å². The van der Waals surface area contributed by atoms with Crippen molar-refractivity contribution in [2.45, 2.75) is 32.0 Å². The van der Waals surface area contributed by atoms with Crippen LogP contribution >= 0.6 is 0 Å². The largest absolute Gasteiger partial charge is 0.573 e. The summed E-state index contributed by atoms with van der Waals surface area (Å²) >= 11 is 0. The summed E-state index contributed by atoms with van der Waals surface area (Å²) in [5.74, 6) is 1.63. The van der Waals surface area contributed by atoms with Crippen LogP contribution in [0.4, 0.5) is 13.2 Å². The predicted molar refractivity (Wildman–Crippen MR) is 134 cm³/mol. The smallest absolute Gasteiger partial charge is 0.483 e. The number of benzene rings is 3. The summed E-state index contributed by atoms with van der Waals surface area (Å²) in [7, 11) is 0. The van der Waals surface area contributed by atoms with Crippen LogP contribution in [0.15, 0.2) is 66.7 Å². The van der Waals surface area contributed by atoms with Gasteiger partial charge in [-0.05, 0) is 67.0 Å². The minimum absolute atomic E-state index is 0.157. The molecule has 0 N–H and O–H groups in total. The molecule has 5 rings (SSSR count). The summed E-state index contributed by atoms with van der Waals surface area (Å²) in [5, 5.41) is 0. The topological polar surface area (TPSA) is 57.2 Å². The standard InChI is InChI=1S/C29H28F3NO5/c30-29(31,32)38-23-9-10-24(22-4-2-1-3-5-22)26(17-23)35-18-28(34)33-14-12-20(13-15-33)6-7-21-8-11-25-27(16-21)37-19-36-25/h1-5,8-11,16-17,20H,6-7,12-15,18-19H2. The number of carbonyl (C=O) groups is 1. The highest BCUT2D eigenvalue weighted by molar-refractivity contribution is 5.79. The average molecular weight is 528 g/mol. The van der Waals surface area contributed by atoms with Crippen molar-refractivity contribution in [1.82, 2.24) is 4.90 Å². The number of piperidine rings is 1. The van der Waals surface area contributed by atoms with E-state index in [9.17, 15) is 18.0 Å². The van der Waals surface area contributed by atoms with Crippen molar-refractivity contribution >= 4 is 5.91 Å². The molecule has 6 nitrogen and oxygen atoms in total. The lowest BCUT2D eigenvalue weighted by Crippen LogP contribution is -2.41. The molecule has 3 aromatic rings. The third-order valence-corrected chi connectivity index (χ3v) is 6.87. The molecule has 1 saturated heterocycles. The van der Waals surface area contributed by atoms with Crippen molar-refractivity contribution in [2.24, 2.45) is 5.92 Å². The fourth-order valence-corrected chi connectivity index (χ4v) is 4.84. The molecule has 9 heteroatoms. The second-order valence-electron chi connectivity index (χ2n) is 9.41. The zero-order valence-electron chi connectivity index (χ0n) is 20.7. The third kappa shape index (κ3) is 6.51. The molecule has 0 aliphatic carbocycles. The molecule has 2 aliphatic heterocycles. The SMILES string of the molecule is O=C(COc1cc(OC(F)(F)F)ccc1-c1ccccc1)N1CCC(CCc2ccc3c(c2)OCO3)CC1. The summed E-state index contributed by atoms with van der Waals surface area (Å²) in [5.41, 5.74) is 2.54. The van der Waals surface area contributed by atoms with Gasteiger partial charge in [-0.15, -0.1) is 13.2 Å². The van der Waals surface area contributed by atoms with Crippen LogP contribution in [0.5, 0.6) is 23.0 Å². The molecule has 0 unspecified atom stereocenters. The highest BCUT2D eigenvalue weighted by atomic mass is 19.4. The van der Waals surface area contributed by atoms with Crippen molar-refractivity contribution in [3.8, 4) is 34.1 Å². The molecule has 0 saturated carbocycles. The third-order valence-electron chi connectivity index (χ3n) is 6.87. The minimum Gasteiger partial charge on any atom is -0.483 e. The van der Waals surface area contributed by atoms with Crippen LogP contribution in [0.25, 0.3) is 11.1 Å². The first kappa shape index (κ1) is 25.8. The van der Waals surface area contributed by atoms with Gasteiger partial charge in [0.25, 0.3) is 5.91 Å². The van der Waals surface area contributed by atoms with Gasteiger partial charge >= 0.3 is 6.36 Å². The Morgan fingerprint density at radius 3 is 2.47 bits per heavy atom. The first-order chi connectivity index (χ1) is 18.3. The van der Waals surface area contributed by atoms with Gasteiger partial charge in [-0.3, -0.25) is 4.79 Å². The van der Waals surface area contributed by atoms with Crippen LogP contribution in [0.3, 0.4) is 0 Å². The number of halogens is 3. The monoisotopic (exact) mass is 527 g/mol. The highest BCUT2D eigenvalue weighted by Crippen LogP contribution is 2.36. The Morgan fingerprint density at radius 1 is 0.947 bits per heavy atom. The summed E-state index contributed by atoms with van der Waals surface area (Å²) < 4.78 is 58.9. The number of amides is 1. The fourth-order valence-electron chi connectivity index (χ4n) is 4.84. The number of carbonyl (C=O) groups excluding carboxylic acids is 1. The molecule has 2 aliphatic rings. The number of hydrogen-bond acceptors (Lipinski definition) is 5. The lowest BCUT2D eigenvalue weighted by atomic mass is 9.90. The number of alkyl halides is 3. The van der Waals surface area contributed by atoms with Gasteiger partial charge in [-0.25, -0.2) is 0 Å². The van der Waals surface area contributed by atoms with Gasteiger partial charge in [0.15, 0.2) is 18.1 Å². The van der Waals surface area contributed by atoms with Crippen LogP contribution < -0.4 is 18.9 Å². The van der Waals surface area contributed by atoms with Gasteiger partial charge in [-0.2, -0.15) is 0 Å². The molecule has 1 fully saturated rings. The zero-order chi connectivity index (χ0) is 26.5. The van der Waals surface area contributed by atoms with Crippen molar-refractivity contribution in [3.05, 3.63) is 72.3 Å². The van der Waals surface area contributed by atoms with Gasteiger partial charge in [0.1, 0.15) is 11.5 Å². The summed E-state index contributed by atoms with van der Waals surface area (Å²) in [6, 6.07) is 19.1. The van der Waals surface area contributed by atoms with Gasteiger partial charge in [0.2, 0.25) is 6.79 Å². The Labute approximate surface area is 218 Å². The van der Waals surface area contributed by atoms with E-state index in [-0.39, 0.29) is 25.1 Å². The number of likely N-dealkylation sites (tertiary alicyclic amines) is 1. The molecule has 0 aromatic heterocycles. The molecule has 1 amide bonds. The van der Waals surface area contributed by atoms with Crippen molar-refractivity contribution in [1.29, 1.82) is 0 Å². The van der Waals surface area contributed by atoms with E-state index in [1.165, 1.54) is 23.8 Å². The zero-order valence-corrected chi connectivity index (χ0v) is 20.7. The first-order valence-electron chi connectivity index (χ1n) is 12.6. The summed E-state index contributed by atoms with van der Waals surface area (Å²) in [6.07, 6.45) is -1.10. The van der Waals surface area contributed by atoms with E-state index in [4.69, 9.17) is 14.2 Å². The fraction of sp³-hybridized carbons (Fsp3) is 0.345. The second kappa shape index (κ2) is 11.2. The van der Waals surface area contributed by atoms with Crippen molar-refractivity contribution < 1.29 is 36.9 Å². The van der Waals surface area contributed by atoms with E-state index in [0.717, 1.165) is 42.7 Å². The number of rotatable bonds is 8. The maximum atomic E-state index is 12.9. The second-order valence-corrected chi connectivity index (χ2v) is 9.41. The maximum Gasteiger partial charge on any atom is 0.573 e. The lowest BCUT2D eigenvalue weighted by molar-refractivity contribution is -0.274. The van der Waals surface area contributed by atoms with Crippen LogP contribution in [-0.2, 0) is 11.2 Å². The predicted octanol–water partition coefficient (Wildman–Crippen LogP) is 6.23. The van der Waals surface area contributed by atoms with E-state index < -0.39 is 12.1 Å². The van der Waals surface area contributed by atoms with Gasteiger partial charge < -0.3 is 23.8 Å². The molecule has 3 aromatic carbocycles. The summed E-state index contributed by atoms with van der Waals surface area (Å²) in [4.78, 5) is 14.7. The Kier molecular flexibility index (Phi) is 7.62. The molecule has 0 radical (unpaired) electrons. The van der Waals surface area contributed by atoms with Crippen LogP contribution in [-0.4, -0.2) is 43.7 Å². The minimum atomic E-state index is -4.82. The van der Waals surface area contributed by atoms with E-state index in [2.05, 4.69) is 10.8 Å². The van der Waals surface area contributed by atoms with Crippen LogP contribution in [0.1, 0.15) is 24.8 Å². The molecule has 0 spiro atoms. The average Bonchev–Trinajstić information content (AvgIpc) is 3.39. The Balaban J connectivity index is 1.15. The quantitative estimate of drug-likeness (QED) is 0.348. The van der Waals surface area contributed by atoms with Gasteiger partial charge in [-0.1, -0.05) is 36.4 Å². The molecular weight excluding hydrogens is 499 g/mol. The Hall–Kier alpha value is -3.88. The molecule has 2 heterocycles. The van der Waals surface area contributed by atoms with Crippen LogP contribution in [0.2, 0.25) is 0 Å². The number of nitrogens with zero attached hydrogens (tertiary/aromatic N) is 1. The number of aryl methyl sites for hydroxylation is 1. The van der Waals surface area contributed by atoms with E-state index in [1.807, 2.05) is 42.5 Å². The normalized spacial score (nSPS) is 15.4. The number of ether oxygens (including phenoxy) is 4. The lowest BCUT2D eigenvalue weighted by Gasteiger charge is -2.32. The highest BCUT2D eigenvalue weighted by Gasteiger charge is 2.31. The van der Waals surface area contributed by atoms with E-state index in [1.54, 1.807) is 4.90 Å². The molecule has 200 valence electrons. The number of fused-ring (bicyclic) bond motifs is 1.